The van der Waals surface area contributed by atoms with Gasteiger partial charge < -0.3 is 14.4 Å². The van der Waals surface area contributed by atoms with Crippen molar-refractivity contribution in [3.8, 4) is 0 Å². The summed E-state index contributed by atoms with van der Waals surface area (Å²) >= 11 is 1.44. The summed E-state index contributed by atoms with van der Waals surface area (Å²) in [6.07, 6.45) is 0. The SMILES string of the molecule is CCn1c(=O)c2cc(C(=O)N3CCN(c4ccccc4)CC3)sc2c2ccccc21. The van der Waals surface area contributed by atoms with Gasteiger partial charge in [-0.3, -0.25) is 9.59 Å². The number of hydrogen-bond donors (Lipinski definition) is 0. The Balaban J connectivity index is 1.46. The van der Waals surface area contributed by atoms with E-state index in [-0.39, 0.29) is 11.5 Å². The number of hydrogen-bond acceptors (Lipinski definition) is 4. The summed E-state index contributed by atoms with van der Waals surface area (Å²) in [4.78, 5) is 31.1. The molecule has 0 radical (unpaired) electrons. The molecule has 2 aromatic carbocycles. The van der Waals surface area contributed by atoms with Crippen LogP contribution >= 0.6 is 11.3 Å². The minimum Gasteiger partial charge on any atom is -0.368 e. The standard InChI is InChI=1S/C24H23N3O2S/c1-2-27-20-11-7-6-10-18(20)22-19(23(27)28)16-21(30-22)24(29)26-14-12-25(13-15-26)17-8-4-3-5-9-17/h3-11,16H,2,12-15H2,1H3. The van der Waals surface area contributed by atoms with Crippen molar-refractivity contribution in [3.63, 3.8) is 0 Å². The third-order valence-electron chi connectivity index (χ3n) is 5.86. The number of aryl methyl sites for hydroxylation is 1. The van der Waals surface area contributed by atoms with E-state index in [4.69, 9.17) is 0 Å². The van der Waals surface area contributed by atoms with Crippen molar-refractivity contribution in [3.05, 3.63) is 75.9 Å². The highest BCUT2D eigenvalue weighted by Crippen LogP contribution is 2.31. The van der Waals surface area contributed by atoms with Crippen LogP contribution in [0.25, 0.3) is 21.0 Å². The summed E-state index contributed by atoms with van der Waals surface area (Å²) in [5, 5.41) is 1.68. The third kappa shape index (κ3) is 3.08. The molecule has 0 aliphatic carbocycles. The number of benzene rings is 2. The van der Waals surface area contributed by atoms with Gasteiger partial charge in [0.05, 0.1) is 15.8 Å². The molecular weight excluding hydrogens is 394 g/mol. The maximum absolute atomic E-state index is 13.2. The first-order chi connectivity index (χ1) is 14.7. The number of aromatic nitrogens is 1. The summed E-state index contributed by atoms with van der Waals surface area (Å²) in [5.74, 6) is 0.0236. The van der Waals surface area contributed by atoms with E-state index < -0.39 is 0 Å². The number of carbonyl (C=O) groups is 1. The number of amides is 1. The van der Waals surface area contributed by atoms with Crippen molar-refractivity contribution in [2.75, 3.05) is 31.1 Å². The Morgan fingerprint density at radius 1 is 0.933 bits per heavy atom. The fourth-order valence-corrected chi connectivity index (χ4v) is 5.44. The van der Waals surface area contributed by atoms with Gasteiger partial charge in [-0.05, 0) is 31.2 Å². The van der Waals surface area contributed by atoms with Gasteiger partial charge in [0.1, 0.15) is 0 Å². The Hall–Kier alpha value is -3.12. The molecule has 0 atom stereocenters. The lowest BCUT2D eigenvalue weighted by atomic mass is 10.1. The molecule has 1 amide bonds. The van der Waals surface area contributed by atoms with Gasteiger partial charge >= 0.3 is 0 Å². The number of nitrogens with zero attached hydrogens (tertiary/aromatic N) is 3. The van der Waals surface area contributed by atoms with Gasteiger partial charge in [0, 0.05) is 48.5 Å². The van der Waals surface area contributed by atoms with Crippen LogP contribution < -0.4 is 10.5 Å². The zero-order valence-electron chi connectivity index (χ0n) is 16.9. The van der Waals surface area contributed by atoms with Crippen molar-refractivity contribution < 1.29 is 4.79 Å². The van der Waals surface area contributed by atoms with E-state index in [0.717, 1.165) is 28.7 Å². The Labute approximate surface area is 178 Å². The van der Waals surface area contributed by atoms with Crippen LogP contribution in [-0.4, -0.2) is 41.6 Å². The average Bonchev–Trinajstić information content (AvgIpc) is 3.26. The highest BCUT2D eigenvalue weighted by molar-refractivity contribution is 7.21. The Bertz CT molecular complexity index is 1280. The molecule has 5 nitrogen and oxygen atoms in total. The summed E-state index contributed by atoms with van der Waals surface area (Å²) < 4.78 is 2.70. The van der Waals surface area contributed by atoms with Crippen LogP contribution in [0.3, 0.4) is 0 Å². The Morgan fingerprint density at radius 3 is 2.37 bits per heavy atom. The van der Waals surface area contributed by atoms with E-state index in [2.05, 4.69) is 17.0 Å². The number of rotatable bonds is 3. The molecule has 4 aromatic rings. The molecular formula is C24H23N3O2S. The molecule has 152 valence electrons. The highest BCUT2D eigenvalue weighted by atomic mass is 32.1. The minimum absolute atomic E-state index is 0.0182. The molecule has 0 bridgehead atoms. The number of thiophene rings is 1. The number of anilines is 1. The van der Waals surface area contributed by atoms with Crippen LogP contribution in [0, 0.1) is 0 Å². The van der Waals surface area contributed by atoms with Crippen molar-refractivity contribution >= 4 is 43.9 Å². The van der Waals surface area contributed by atoms with Crippen LogP contribution in [0.5, 0.6) is 0 Å². The number of pyridine rings is 1. The van der Waals surface area contributed by atoms with E-state index in [9.17, 15) is 9.59 Å². The summed E-state index contributed by atoms with van der Waals surface area (Å²) in [6, 6.07) is 20.0. The molecule has 6 heteroatoms. The first kappa shape index (κ1) is 18.9. The van der Waals surface area contributed by atoms with Crippen LogP contribution in [0.2, 0.25) is 0 Å². The quantitative estimate of drug-likeness (QED) is 0.502. The third-order valence-corrected chi connectivity index (χ3v) is 7.02. The number of para-hydroxylation sites is 2. The van der Waals surface area contributed by atoms with Gasteiger partial charge in [-0.2, -0.15) is 0 Å². The lowest BCUT2D eigenvalue weighted by molar-refractivity contribution is 0.0751. The molecule has 1 saturated heterocycles. The van der Waals surface area contributed by atoms with E-state index in [1.807, 2.05) is 54.3 Å². The number of piperazine rings is 1. The first-order valence-corrected chi connectivity index (χ1v) is 11.1. The second kappa shape index (κ2) is 7.61. The van der Waals surface area contributed by atoms with E-state index in [1.165, 1.54) is 17.0 Å². The molecule has 0 N–H and O–H groups in total. The van der Waals surface area contributed by atoms with Gasteiger partial charge in [-0.1, -0.05) is 36.4 Å². The van der Waals surface area contributed by atoms with Crippen molar-refractivity contribution in [1.82, 2.24) is 9.47 Å². The predicted octanol–water partition coefficient (Wildman–Crippen LogP) is 4.20. The van der Waals surface area contributed by atoms with Crippen molar-refractivity contribution in [1.29, 1.82) is 0 Å². The summed E-state index contributed by atoms with van der Waals surface area (Å²) in [6.45, 7) is 5.57. The van der Waals surface area contributed by atoms with Crippen LogP contribution in [0.15, 0.2) is 65.5 Å². The van der Waals surface area contributed by atoms with Gasteiger partial charge in [0.25, 0.3) is 11.5 Å². The van der Waals surface area contributed by atoms with Crippen LogP contribution in [0.1, 0.15) is 16.6 Å². The molecule has 3 heterocycles. The smallest absolute Gasteiger partial charge is 0.264 e. The van der Waals surface area contributed by atoms with Crippen LogP contribution in [-0.2, 0) is 6.54 Å². The lowest BCUT2D eigenvalue weighted by Gasteiger charge is -2.35. The largest absolute Gasteiger partial charge is 0.368 e. The lowest BCUT2D eigenvalue weighted by Crippen LogP contribution is -2.48. The second-order valence-corrected chi connectivity index (χ2v) is 8.59. The Morgan fingerprint density at radius 2 is 1.63 bits per heavy atom. The molecule has 5 rings (SSSR count). The molecule has 1 aliphatic heterocycles. The number of carbonyl (C=O) groups excluding carboxylic acids is 1. The Kier molecular flexibility index (Phi) is 4.79. The maximum atomic E-state index is 13.2. The zero-order chi connectivity index (χ0) is 20.7. The van der Waals surface area contributed by atoms with E-state index >= 15 is 0 Å². The second-order valence-electron chi connectivity index (χ2n) is 7.53. The zero-order valence-corrected chi connectivity index (χ0v) is 17.7. The summed E-state index contributed by atoms with van der Waals surface area (Å²) in [5.41, 5.74) is 2.10. The van der Waals surface area contributed by atoms with Gasteiger partial charge in [0.2, 0.25) is 0 Å². The molecule has 1 fully saturated rings. The maximum Gasteiger partial charge on any atom is 0.264 e. The molecule has 0 saturated carbocycles. The van der Waals surface area contributed by atoms with Crippen molar-refractivity contribution in [2.24, 2.45) is 0 Å². The monoisotopic (exact) mass is 417 g/mol. The fraction of sp³-hybridized carbons (Fsp3) is 0.250. The fourth-order valence-electron chi connectivity index (χ4n) is 4.29. The van der Waals surface area contributed by atoms with Crippen LogP contribution in [0.4, 0.5) is 5.69 Å². The van der Waals surface area contributed by atoms with Crippen molar-refractivity contribution in [2.45, 2.75) is 13.5 Å². The summed E-state index contributed by atoms with van der Waals surface area (Å²) in [7, 11) is 0. The number of fused-ring (bicyclic) bond motifs is 3. The van der Waals surface area contributed by atoms with Gasteiger partial charge in [0.15, 0.2) is 0 Å². The molecule has 0 spiro atoms. The van der Waals surface area contributed by atoms with Gasteiger partial charge in [-0.15, -0.1) is 11.3 Å². The van der Waals surface area contributed by atoms with Gasteiger partial charge in [-0.25, -0.2) is 0 Å². The topological polar surface area (TPSA) is 45.6 Å². The molecule has 0 unspecified atom stereocenters. The average molecular weight is 418 g/mol. The predicted molar refractivity (Wildman–Crippen MR) is 124 cm³/mol. The normalized spacial score (nSPS) is 14.6. The highest BCUT2D eigenvalue weighted by Gasteiger charge is 2.25. The molecule has 30 heavy (non-hydrogen) atoms. The van der Waals surface area contributed by atoms with E-state index in [0.29, 0.717) is 29.9 Å². The van der Waals surface area contributed by atoms with E-state index in [1.54, 1.807) is 10.6 Å². The molecule has 2 aromatic heterocycles. The molecule has 1 aliphatic rings. The first-order valence-electron chi connectivity index (χ1n) is 10.3. The minimum atomic E-state index is -0.0182.